The Morgan fingerprint density at radius 1 is 1.15 bits per heavy atom. The molecule has 1 heterocycles. The largest absolute Gasteiger partial charge is 0.416 e. The van der Waals surface area contributed by atoms with Crippen LogP contribution in [0.25, 0.3) is 0 Å². The summed E-state index contributed by atoms with van der Waals surface area (Å²) in [7, 11) is 0. The van der Waals surface area contributed by atoms with Gasteiger partial charge < -0.3 is 5.32 Å². The van der Waals surface area contributed by atoms with Gasteiger partial charge in [-0.05, 0) is 50.3 Å². The number of aliphatic imine (C=N–C) groups is 1. The molecule has 2 aliphatic rings. The molecule has 1 atom stereocenters. The number of carbonyl (C=O) groups excluding carboxylic acids is 2. The van der Waals surface area contributed by atoms with Crippen molar-refractivity contribution >= 4 is 17.5 Å². The molecule has 0 fully saturated rings. The molecule has 1 N–H and O–H groups in total. The Balaban J connectivity index is 1.83. The van der Waals surface area contributed by atoms with Crippen molar-refractivity contribution in [2.75, 3.05) is 0 Å². The first-order chi connectivity index (χ1) is 12.2. The Morgan fingerprint density at radius 2 is 1.81 bits per heavy atom. The van der Waals surface area contributed by atoms with E-state index in [1.54, 1.807) is 19.1 Å². The van der Waals surface area contributed by atoms with Gasteiger partial charge in [-0.15, -0.1) is 0 Å². The number of halogens is 3. The third-order valence-electron chi connectivity index (χ3n) is 4.44. The summed E-state index contributed by atoms with van der Waals surface area (Å²) in [6, 6.07) is 3.88. The average molecular weight is 360 g/mol. The van der Waals surface area contributed by atoms with Crippen LogP contribution < -0.4 is 5.32 Å². The SMILES string of the molecule is CC1=C(C)C2C=CC(=NC(=O)c3ccc(C(F)(F)F)cc3)C=C2NC1=O. The Hall–Kier alpha value is -2.96. The van der Waals surface area contributed by atoms with E-state index in [1.807, 2.05) is 13.0 Å². The van der Waals surface area contributed by atoms with E-state index in [9.17, 15) is 22.8 Å². The van der Waals surface area contributed by atoms with Gasteiger partial charge in [0.25, 0.3) is 11.8 Å². The van der Waals surface area contributed by atoms with Crippen LogP contribution in [0, 0.1) is 5.92 Å². The van der Waals surface area contributed by atoms with Gasteiger partial charge in [0.05, 0.1) is 11.3 Å². The molecule has 134 valence electrons. The third kappa shape index (κ3) is 3.37. The van der Waals surface area contributed by atoms with Crippen molar-refractivity contribution < 1.29 is 22.8 Å². The van der Waals surface area contributed by atoms with Crippen molar-refractivity contribution in [2.45, 2.75) is 20.0 Å². The van der Waals surface area contributed by atoms with E-state index < -0.39 is 17.6 Å². The fourth-order valence-electron chi connectivity index (χ4n) is 2.78. The first-order valence-corrected chi connectivity index (χ1v) is 7.85. The van der Waals surface area contributed by atoms with E-state index >= 15 is 0 Å². The number of hydrogen-bond donors (Lipinski definition) is 1. The highest BCUT2D eigenvalue weighted by Crippen LogP contribution is 2.30. The van der Waals surface area contributed by atoms with Crippen LogP contribution in [-0.2, 0) is 11.0 Å². The summed E-state index contributed by atoms with van der Waals surface area (Å²) in [5.41, 5.74) is 1.75. The fourth-order valence-corrected chi connectivity index (χ4v) is 2.78. The number of rotatable bonds is 1. The lowest BCUT2D eigenvalue weighted by atomic mass is 9.85. The Bertz CT molecular complexity index is 904. The van der Waals surface area contributed by atoms with Crippen LogP contribution >= 0.6 is 0 Å². The number of amides is 2. The molecule has 1 unspecified atom stereocenters. The first-order valence-electron chi connectivity index (χ1n) is 7.85. The standard InChI is InChI=1S/C19H15F3N2O2/c1-10-11(2)17(25)24-16-9-14(7-8-15(10)16)23-18(26)12-3-5-13(6-4-12)19(20,21)22/h3-9,15H,1-2H3,(H,24,25). The summed E-state index contributed by atoms with van der Waals surface area (Å²) in [6.45, 7) is 3.61. The van der Waals surface area contributed by atoms with E-state index in [-0.39, 0.29) is 17.4 Å². The van der Waals surface area contributed by atoms with Crippen LogP contribution in [-0.4, -0.2) is 17.5 Å². The summed E-state index contributed by atoms with van der Waals surface area (Å²) < 4.78 is 37.7. The highest BCUT2D eigenvalue weighted by molar-refractivity contribution is 6.14. The van der Waals surface area contributed by atoms with Gasteiger partial charge in [0.2, 0.25) is 0 Å². The Morgan fingerprint density at radius 3 is 2.42 bits per heavy atom. The summed E-state index contributed by atoms with van der Waals surface area (Å²) >= 11 is 0. The van der Waals surface area contributed by atoms with E-state index in [2.05, 4.69) is 10.3 Å². The molecule has 0 radical (unpaired) electrons. The minimum atomic E-state index is -4.46. The van der Waals surface area contributed by atoms with E-state index in [0.29, 0.717) is 17.0 Å². The molecule has 3 rings (SSSR count). The number of fused-ring (bicyclic) bond motifs is 1. The van der Waals surface area contributed by atoms with Gasteiger partial charge in [0, 0.05) is 22.8 Å². The second kappa shape index (κ2) is 6.40. The zero-order valence-electron chi connectivity index (χ0n) is 14.0. The van der Waals surface area contributed by atoms with Crippen LogP contribution in [0.4, 0.5) is 13.2 Å². The van der Waals surface area contributed by atoms with Crippen LogP contribution in [0.2, 0.25) is 0 Å². The predicted molar refractivity (Wildman–Crippen MR) is 90.4 cm³/mol. The lowest BCUT2D eigenvalue weighted by Crippen LogP contribution is -2.35. The maximum atomic E-state index is 12.6. The second-order valence-corrected chi connectivity index (χ2v) is 6.12. The topological polar surface area (TPSA) is 58.5 Å². The molecule has 7 heteroatoms. The van der Waals surface area contributed by atoms with Crippen molar-refractivity contribution in [3.8, 4) is 0 Å². The van der Waals surface area contributed by atoms with Crippen LogP contribution in [0.15, 0.2) is 64.3 Å². The van der Waals surface area contributed by atoms with Gasteiger partial charge in [-0.3, -0.25) is 9.59 Å². The van der Waals surface area contributed by atoms with Crippen molar-refractivity contribution in [1.82, 2.24) is 5.32 Å². The normalized spacial score (nSPS) is 21.4. The lowest BCUT2D eigenvalue weighted by molar-refractivity contribution is -0.137. The highest BCUT2D eigenvalue weighted by atomic mass is 19.4. The maximum absolute atomic E-state index is 12.6. The predicted octanol–water partition coefficient (Wildman–Crippen LogP) is 3.82. The molecule has 0 spiro atoms. The molecule has 1 aromatic rings. The second-order valence-electron chi connectivity index (χ2n) is 6.12. The zero-order valence-corrected chi connectivity index (χ0v) is 14.0. The highest BCUT2D eigenvalue weighted by Gasteiger charge is 2.30. The monoisotopic (exact) mass is 360 g/mol. The lowest BCUT2D eigenvalue weighted by Gasteiger charge is -2.28. The van der Waals surface area contributed by atoms with Gasteiger partial charge >= 0.3 is 6.18 Å². The van der Waals surface area contributed by atoms with E-state index in [4.69, 9.17) is 0 Å². The summed E-state index contributed by atoms with van der Waals surface area (Å²) in [5.74, 6) is -0.930. The fraction of sp³-hybridized carbons (Fsp3) is 0.211. The van der Waals surface area contributed by atoms with Crippen LogP contribution in [0.1, 0.15) is 29.8 Å². The smallest absolute Gasteiger partial charge is 0.325 e. The van der Waals surface area contributed by atoms with Crippen molar-refractivity contribution in [3.63, 3.8) is 0 Å². The minimum Gasteiger partial charge on any atom is -0.325 e. The number of nitrogens with one attached hydrogen (secondary N) is 1. The quantitative estimate of drug-likeness (QED) is 0.828. The van der Waals surface area contributed by atoms with Gasteiger partial charge in [-0.2, -0.15) is 13.2 Å². The Labute approximate surface area is 147 Å². The van der Waals surface area contributed by atoms with Gasteiger partial charge in [0.1, 0.15) is 0 Å². The summed E-state index contributed by atoms with van der Waals surface area (Å²) in [6.07, 6.45) is 0.624. The number of allylic oxidation sites excluding steroid dienone is 3. The first kappa shape index (κ1) is 17.8. The molecule has 1 aliphatic heterocycles. The number of nitrogens with zero attached hydrogens (tertiary/aromatic N) is 1. The third-order valence-corrected chi connectivity index (χ3v) is 4.44. The maximum Gasteiger partial charge on any atom is 0.416 e. The summed E-state index contributed by atoms with van der Waals surface area (Å²) in [4.78, 5) is 28.0. The molecule has 0 saturated carbocycles. The molecule has 2 amide bonds. The summed E-state index contributed by atoms with van der Waals surface area (Å²) in [5, 5.41) is 2.76. The van der Waals surface area contributed by atoms with Crippen LogP contribution in [0.5, 0.6) is 0 Å². The van der Waals surface area contributed by atoms with E-state index in [0.717, 1.165) is 29.8 Å². The zero-order chi connectivity index (χ0) is 19.1. The minimum absolute atomic E-state index is 0.0547. The van der Waals surface area contributed by atoms with Gasteiger partial charge in [-0.1, -0.05) is 11.6 Å². The number of alkyl halides is 3. The molecule has 0 saturated heterocycles. The van der Waals surface area contributed by atoms with Crippen molar-refractivity contribution in [1.29, 1.82) is 0 Å². The molecular weight excluding hydrogens is 345 g/mol. The molecule has 0 bridgehead atoms. The molecular formula is C19H15F3N2O2. The van der Waals surface area contributed by atoms with E-state index in [1.165, 1.54) is 0 Å². The molecule has 1 aromatic carbocycles. The molecule has 26 heavy (non-hydrogen) atoms. The van der Waals surface area contributed by atoms with Gasteiger partial charge in [-0.25, -0.2) is 4.99 Å². The number of carbonyl (C=O) groups is 2. The average Bonchev–Trinajstić information content (AvgIpc) is 2.59. The number of hydrogen-bond acceptors (Lipinski definition) is 2. The van der Waals surface area contributed by atoms with Crippen molar-refractivity contribution in [2.24, 2.45) is 10.9 Å². The van der Waals surface area contributed by atoms with Crippen molar-refractivity contribution in [3.05, 3.63) is 70.5 Å². The molecule has 1 aliphatic carbocycles. The molecule has 4 nitrogen and oxygen atoms in total. The Kier molecular flexibility index (Phi) is 4.39. The van der Waals surface area contributed by atoms with Crippen LogP contribution in [0.3, 0.4) is 0 Å². The number of benzene rings is 1. The van der Waals surface area contributed by atoms with Gasteiger partial charge in [0.15, 0.2) is 0 Å². The molecule has 0 aromatic heterocycles.